The van der Waals surface area contributed by atoms with Crippen molar-refractivity contribution < 1.29 is 29.2 Å². The maximum absolute atomic E-state index is 11.3. The highest BCUT2D eigenvalue weighted by atomic mass is 16.5. The van der Waals surface area contributed by atoms with Gasteiger partial charge in [-0.2, -0.15) is 0 Å². The summed E-state index contributed by atoms with van der Waals surface area (Å²) in [5.74, 6) is -0.601. The average molecular weight is 386 g/mol. The highest BCUT2D eigenvalue weighted by Crippen LogP contribution is 2.13. The van der Waals surface area contributed by atoms with Gasteiger partial charge < -0.3 is 24.4 Å². The van der Waals surface area contributed by atoms with Gasteiger partial charge in [0.05, 0.1) is 26.9 Å². The van der Waals surface area contributed by atoms with E-state index in [0.717, 1.165) is 17.2 Å². The molecule has 2 rings (SSSR count). The van der Waals surface area contributed by atoms with Crippen LogP contribution in [0.1, 0.15) is 11.1 Å². The Kier molecular flexibility index (Phi) is 9.37. The van der Waals surface area contributed by atoms with Crippen LogP contribution in [-0.2, 0) is 32.2 Å². The van der Waals surface area contributed by atoms with Crippen LogP contribution in [0.5, 0.6) is 0 Å². The van der Waals surface area contributed by atoms with Crippen LogP contribution in [0.4, 0.5) is 0 Å². The predicted octanol–water partition coefficient (Wildman–Crippen LogP) is 2.24. The maximum Gasteiger partial charge on any atom is 0.330 e. The van der Waals surface area contributed by atoms with E-state index in [1.807, 2.05) is 60.7 Å². The number of rotatable bonds is 11. The average Bonchev–Trinajstić information content (AvgIpc) is 2.73. The molecular weight excluding hydrogens is 360 g/mol. The Morgan fingerprint density at radius 2 is 1.54 bits per heavy atom. The second-order valence-corrected chi connectivity index (χ2v) is 6.20. The monoisotopic (exact) mass is 386 g/mol. The molecule has 0 bridgehead atoms. The van der Waals surface area contributed by atoms with Crippen molar-refractivity contribution in [3.8, 4) is 0 Å². The molecule has 0 radical (unpaired) electrons. The SMILES string of the molecule is COC(=O)/C=C/[C@H](O)[C@@H](OCc1ccccc1)[C@H](O)COCc1ccccc1. The van der Waals surface area contributed by atoms with Crippen molar-refractivity contribution >= 4 is 5.97 Å². The van der Waals surface area contributed by atoms with Crippen molar-refractivity contribution in [3.05, 3.63) is 83.9 Å². The number of hydrogen-bond acceptors (Lipinski definition) is 6. The third kappa shape index (κ3) is 7.62. The Balaban J connectivity index is 1.96. The van der Waals surface area contributed by atoms with Gasteiger partial charge in [0.2, 0.25) is 0 Å². The highest BCUT2D eigenvalue weighted by Gasteiger charge is 2.27. The first-order chi connectivity index (χ1) is 13.6. The van der Waals surface area contributed by atoms with Crippen LogP contribution in [0.25, 0.3) is 0 Å². The normalized spacial score (nSPS) is 14.5. The largest absolute Gasteiger partial charge is 0.466 e. The minimum atomic E-state index is -1.21. The molecule has 0 heterocycles. The lowest BCUT2D eigenvalue weighted by Gasteiger charge is -2.26. The molecule has 0 fully saturated rings. The van der Waals surface area contributed by atoms with E-state index in [1.165, 1.54) is 13.2 Å². The Morgan fingerprint density at radius 1 is 0.964 bits per heavy atom. The second-order valence-electron chi connectivity index (χ2n) is 6.20. The molecule has 0 saturated carbocycles. The van der Waals surface area contributed by atoms with Gasteiger partial charge in [-0.1, -0.05) is 60.7 Å². The Hall–Kier alpha value is -2.51. The van der Waals surface area contributed by atoms with Crippen molar-refractivity contribution in [1.82, 2.24) is 0 Å². The van der Waals surface area contributed by atoms with E-state index in [1.54, 1.807) is 0 Å². The molecule has 0 aromatic heterocycles. The molecular formula is C22H26O6. The summed E-state index contributed by atoms with van der Waals surface area (Å²) in [5.41, 5.74) is 1.87. The predicted molar refractivity (Wildman–Crippen MR) is 104 cm³/mol. The number of hydrogen-bond donors (Lipinski definition) is 2. The van der Waals surface area contributed by atoms with Crippen LogP contribution in [0.2, 0.25) is 0 Å². The van der Waals surface area contributed by atoms with Crippen molar-refractivity contribution in [2.45, 2.75) is 31.5 Å². The first-order valence-electron chi connectivity index (χ1n) is 8.99. The number of benzene rings is 2. The lowest BCUT2D eigenvalue weighted by Crippen LogP contribution is -2.41. The van der Waals surface area contributed by atoms with Crippen molar-refractivity contribution in [2.24, 2.45) is 0 Å². The van der Waals surface area contributed by atoms with E-state index in [4.69, 9.17) is 9.47 Å². The summed E-state index contributed by atoms with van der Waals surface area (Å²) in [4.78, 5) is 11.3. The van der Waals surface area contributed by atoms with Gasteiger partial charge in [0.15, 0.2) is 0 Å². The Labute approximate surface area is 165 Å². The van der Waals surface area contributed by atoms with Crippen LogP contribution < -0.4 is 0 Å². The number of ether oxygens (including phenoxy) is 3. The lowest BCUT2D eigenvalue weighted by atomic mass is 10.1. The van der Waals surface area contributed by atoms with E-state index < -0.39 is 24.3 Å². The van der Waals surface area contributed by atoms with Crippen molar-refractivity contribution in [3.63, 3.8) is 0 Å². The van der Waals surface area contributed by atoms with Crippen LogP contribution in [0, 0.1) is 0 Å². The Morgan fingerprint density at radius 3 is 2.11 bits per heavy atom. The van der Waals surface area contributed by atoms with Gasteiger partial charge in [0.1, 0.15) is 18.3 Å². The molecule has 0 saturated heterocycles. The van der Waals surface area contributed by atoms with Crippen molar-refractivity contribution in [2.75, 3.05) is 13.7 Å². The van der Waals surface area contributed by atoms with E-state index >= 15 is 0 Å². The number of esters is 1. The summed E-state index contributed by atoms with van der Waals surface area (Å²) < 4.78 is 15.8. The molecule has 0 unspecified atom stereocenters. The van der Waals surface area contributed by atoms with Gasteiger partial charge in [-0.15, -0.1) is 0 Å². The number of methoxy groups -OCH3 is 1. The molecule has 2 N–H and O–H groups in total. The van der Waals surface area contributed by atoms with Gasteiger partial charge >= 0.3 is 5.97 Å². The van der Waals surface area contributed by atoms with Crippen molar-refractivity contribution in [1.29, 1.82) is 0 Å². The van der Waals surface area contributed by atoms with Crippen LogP contribution >= 0.6 is 0 Å². The molecule has 0 aliphatic carbocycles. The van der Waals surface area contributed by atoms with E-state index in [2.05, 4.69) is 4.74 Å². The fraction of sp³-hybridized carbons (Fsp3) is 0.318. The third-order valence-corrected chi connectivity index (χ3v) is 4.03. The molecule has 0 amide bonds. The van der Waals surface area contributed by atoms with E-state index in [9.17, 15) is 15.0 Å². The van der Waals surface area contributed by atoms with Gasteiger partial charge in [-0.25, -0.2) is 4.79 Å². The smallest absolute Gasteiger partial charge is 0.330 e. The number of carbonyl (C=O) groups is 1. The molecule has 2 aromatic rings. The fourth-order valence-corrected chi connectivity index (χ4v) is 2.53. The van der Waals surface area contributed by atoms with Crippen LogP contribution in [0.3, 0.4) is 0 Å². The summed E-state index contributed by atoms with van der Waals surface area (Å²) in [7, 11) is 1.24. The second kappa shape index (κ2) is 12.0. The zero-order valence-corrected chi connectivity index (χ0v) is 15.8. The topological polar surface area (TPSA) is 85.2 Å². The highest BCUT2D eigenvalue weighted by molar-refractivity contribution is 5.81. The van der Waals surface area contributed by atoms with Gasteiger partial charge in [0.25, 0.3) is 0 Å². The molecule has 0 spiro atoms. The summed E-state index contributed by atoms with van der Waals surface area (Å²) >= 11 is 0. The first kappa shape index (κ1) is 21.8. The number of aliphatic hydroxyl groups is 2. The summed E-state index contributed by atoms with van der Waals surface area (Å²) in [6.07, 6.45) is -0.942. The molecule has 28 heavy (non-hydrogen) atoms. The minimum Gasteiger partial charge on any atom is -0.466 e. The van der Waals surface area contributed by atoms with Crippen LogP contribution in [0.15, 0.2) is 72.8 Å². The lowest BCUT2D eigenvalue weighted by molar-refractivity contribution is -0.135. The molecule has 3 atom stereocenters. The summed E-state index contributed by atoms with van der Waals surface area (Å²) in [6, 6.07) is 19.0. The van der Waals surface area contributed by atoms with Gasteiger partial charge in [-0.05, 0) is 17.2 Å². The zero-order chi connectivity index (χ0) is 20.2. The first-order valence-corrected chi connectivity index (χ1v) is 8.99. The quantitative estimate of drug-likeness (QED) is 0.455. The fourth-order valence-electron chi connectivity index (χ4n) is 2.53. The van der Waals surface area contributed by atoms with E-state index in [0.29, 0.717) is 6.61 Å². The number of aliphatic hydroxyl groups excluding tert-OH is 2. The molecule has 2 aromatic carbocycles. The third-order valence-electron chi connectivity index (χ3n) is 4.03. The standard InChI is InChI=1S/C22H26O6/c1-26-21(25)13-12-19(23)22(28-15-18-10-6-3-7-11-18)20(24)16-27-14-17-8-4-2-5-9-17/h2-13,19-20,22-24H,14-16H2,1H3/b13-12+/t19-,20+,22+/m0/s1. The molecule has 6 heteroatoms. The van der Waals surface area contributed by atoms with E-state index in [-0.39, 0.29) is 13.2 Å². The molecule has 6 nitrogen and oxygen atoms in total. The number of carbonyl (C=O) groups excluding carboxylic acids is 1. The van der Waals surface area contributed by atoms with Crippen LogP contribution in [-0.4, -0.2) is 48.2 Å². The maximum atomic E-state index is 11.3. The molecule has 0 aliphatic heterocycles. The molecule has 0 aliphatic rings. The summed E-state index contributed by atoms with van der Waals surface area (Å²) in [6.45, 7) is 0.499. The molecule has 150 valence electrons. The van der Waals surface area contributed by atoms with Gasteiger partial charge in [-0.3, -0.25) is 0 Å². The summed E-state index contributed by atoms with van der Waals surface area (Å²) in [5, 5.41) is 20.9. The minimum absolute atomic E-state index is 0.0303. The zero-order valence-electron chi connectivity index (χ0n) is 15.8. The Bertz CT molecular complexity index is 716. The van der Waals surface area contributed by atoms with Gasteiger partial charge in [0, 0.05) is 6.08 Å².